The molecule has 0 spiro atoms. The van der Waals surface area contributed by atoms with Gasteiger partial charge in [0.05, 0.1) is 39.6 Å². The second-order valence-corrected chi connectivity index (χ2v) is 8.65. The van der Waals surface area contributed by atoms with Crippen molar-refractivity contribution in [3.8, 4) is 23.0 Å². The van der Waals surface area contributed by atoms with Crippen LogP contribution in [0.25, 0.3) is 12.2 Å². The molecule has 1 aliphatic heterocycles. The van der Waals surface area contributed by atoms with Gasteiger partial charge in [-0.15, -0.1) is 0 Å². The van der Waals surface area contributed by atoms with Crippen molar-refractivity contribution in [2.75, 3.05) is 41.5 Å². The van der Waals surface area contributed by atoms with Crippen LogP contribution in [0.2, 0.25) is 0 Å². The van der Waals surface area contributed by atoms with Crippen molar-refractivity contribution in [2.45, 2.75) is 6.54 Å². The predicted octanol–water partition coefficient (Wildman–Crippen LogP) is 3.86. The second kappa shape index (κ2) is 11.6. The van der Waals surface area contributed by atoms with Crippen LogP contribution in [-0.2, 0) is 11.3 Å². The molecule has 0 bridgehead atoms. The summed E-state index contributed by atoms with van der Waals surface area (Å²) >= 11 is 0. The van der Waals surface area contributed by atoms with Crippen molar-refractivity contribution < 1.29 is 28.6 Å². The predicted molar refractivity (Wildman–Crippen MR) is 141 cm³/mol. The van der Waals surface area contributed by atoms with Crippen LogP contribution < -0.4 is 23.8 Å². The molecule has 0 aromatic heterocycles. The average molecular weight is 487 g/mol. The van der Waals surface area contributed by atoms with Gasteiger partial charge in [-0.3, -0.25) is 4.79 Å². The summed E-state index contributed by atoms with van der Waals surface area (Å²) in [7, 11) is 6.47. The number of rotatable bonds is 8. The van der Waals surface area contributed by atoms with E-state index in [1.54, 1.807) is 28.4 Å². The Kier molecular flexibility index (Phi) is 8.08. The number of nitrogens with one attached hydrogen (secondary N) is 1. The number of benzene rings is 3. The molecule has 4 rings (SSSR count). The number of piperidine rings is 1. The lowest BCUT2D eigenvalue weighted by Gasteiger charge is -2.27. The maximum atomic E-state index is 13.7. The SMILES string of the molecule is COc1ccc(/C=C2\C[NH+](Cc3ccccc3)C/C(=C\c3ccc(OC)cc3OC)C2=O)c(OC)c1. The van der Waals surface area contributed by atoms with E-state index >= 15 is 0 Å². The summed E-state index contributed by atoms with van der Waals surface area (Å²) in [6.45, 7) is 2.03. The standard InChI is InChI=1S/C30H31NO5/c1-33-26-12-10-22(28(16-26)35-3)14-24-19-31(18-21-8-6-5-7-9-21)20-25(30(24)32)15-23-11-13-27(34-2)17-29(23)36-4/h5-17H,18-20H2,1-4H3/p+1/b24-14+,25-15+. The highest BCUT2D eigenvalue weighted by Gasteiger charge is 2.30. The molecule has 186 valence electrons. The van der Waals surface area contributed by atoms with E-state index in [4.69, 9.17) is 18.9 Å². The van der Waals surface area contributed by atoms with Gasteiger partial charge in [-0.25, -0.2) is 0 Å². The minimum Gasteiger partial charge on any atom is -0.497 e. The fourth-order valence-corrected chi connectivity index (χ4v) is 4.46. The van der Waals surface area contributed by atoms with Crippen molar-refractivity contribution in [1.82, 2.24) is 0 Å². The molecule has 1 N–H and O–H groups in total. The van der Waals surface area contributed by atoms with Gasteiger partial charge in [0, 0.05) is 28.8 Å². The van der Waals surface area contributed by atoms with E-state index in [2.05, 4.69) is 12.1 Å². The average Bonchev–Trinajstić information content (AvgIpc) is 2.92. The van der Waals surface area contributed by atoms with Gasteiger partial charge < -0.3 is 23.8 Å². The molecule has 1 fully saturated rings. The number of carbonyl (C=O) groups is 1. The third-order valence-corrected chi connectivity index (χ3v) is 6.30. The van der Waals surface area contributed by atoms with Crippen molar-refractivity contribution in [3.05, 3.63) is 94.6 Å². The molecule has 1 heterocycles. The van der Waals surface area contributed by atoms with Gasteiger partial charge in [0.15, 0.2) is 5.78 Å². The zero-order chi connectivity index (χ0) is 25.5. The summed E-state index contributed by atoms with van der Waals surface area (Å²) in [5.74, 6) is 2.75. The largest absolute Gasteiger partial charge is 0.497 e. The summed E-state index contributed by atoms with van der Waals surface area (Å²) in [4.78, 5) is 15.0. The molecule has 6 heteroatoms. The molecule has 3 aromatic carbocycles. The first kappa shape index (κ1) is 25.1. The molecule has 1 aliphatic rings. The number of quaternary nitrogens is 1. The topological polar surface area (TPSA) is 58.4 Å². The Hall–Kier alpha value is -4.03. The van der Waals surface area contributed by atoms with E-state index in [9.17, 15) is 4.79 Å². The summed E-state index contributed by atoms with van der Waals surface area (Å²) < 4.78 is 21.8. The van der Waals surface area contributed by atoms with Crippen molar-refractivity contribution in [2.24, 2.45) is 0 Å². The van der Waals surface area contributed by atoms with E-state index in [1.807, 2.05) is 66.7 Å². The van der Waals surface area contributed by atoms with E-state index in [0.717, 1.165) is 28.8 Å². The van der Waals surface area contributed by atoms with Crippen LogP contribution in [0.5, 0.6) is 23.0 Å². The van der Waals surface area contributed by atoms with Crippen LogP contribution >= 0.6 is 0 Å². The molecule has 0 aliphatic carbocycles. The zero-order valence-corrected chi connectivity index (χ0v) is 21.2. The molecular formula is C30H32NO5+. The fourth-order valence-electron chi connectivity index (χ4n) is 4.46. The van der Waals surface area contributed by atoms with E-state index in [-0.39, 0.29) is 5.78 Å². The third kappa shape index (κ3) is 5.78. The number of hydrogen-bond acceptors (Lipinski definition) is 5. The number of Topliss-reactive ketones (excluding diaryl/α,β-unsaturated/α-hetero) is 1. The number of ketones is 1. The molecule has 6 nitrogen and oxygen atoms in total. The first-order chi connectivity index (χ1) is 17.5. The minimum absolute atomic E-state index is 0.0301. The molecule has 0 amide bonds. The lowest BCUT2D eigenvalue weighted by molar-refractivity contribution is -0.904. The molecule has 0 saturated carbocycles. The highest BCUT2D eigenvalue weighted by Crippen LogP contribution is 2.29. The lowest BCUT2D eigenvalue weighted by Crippen LogP contribution is -3.12. The molecule has 0 unspecified atom stereocenters. The van der Waals surface area contributed by atoms with Gasteiger partial charge in [-0.1, -0.05) is 30.3 Å². The van der Waals surface area contributed by atoms with Crippen molar-refractivity contribution in [3.63, 3.8) is 0 Å². The minimum atomic E-state index is 0.0301. The maximum Gasteiger partial charge on any atom is 0.196 e. The number of likely N-dealkylation sites (tertiary alicyclic amines) is 1. The fraction of sp³-hybridized carbons (Fsp3) is 0.233. The Morgan fingerprint density at radius 3 is 1.64 bits per heavy atom. The Labute approximate surface area is 212 Å². The van der Waals surface area contributed by atoms with Gasteiger partial charge in [0.1, 0.15) is 42.6 Å². The number of hydrogen-bond donors (Lipinski definition) is 1. The highest BCUT2D eigenvalue weighted by molar-refractivity contribution is 6.14. The van der Waals surface area contributed by atoms with Crippen LogP contribution in [0.3, 0.4) is 0 Å². The van der Waals surface area contributed by atoms with Gasteiger partial charge >= 0.3 is 0 Å². The lowest BCUT2D eigenvalue weighted by atomic mass is 9.93. The Bertz CT molecular complexity index is 1200. The smallest absolute Gasteiger partial charge is 0.196 e. The quantitative estimate of drug-likeness (QED) is 0.490. The molecule has 3 aromatic rings. The van der Waals surface area contributed by atoms with E-state index < -0.39 is 0 Å². The summed E-state index contributed by atoms with van der Waals surface area (Å²) in [6, 6.07) is 21.6. The first-order valence-corrected chi connectivity index (χ1v) is 11.8. The third-order valence-electron chi connectivity index (χ3n) is 6.30. The molecule has 0 radical (unpaired) electrons. The Morgan fingerprint density at radius 2 is 1.19 bits per heavy atom. The van der Waals surface area contributed by atoms with Crippen LogP contribution in [0.1, 0.15) is 16.7 Å². The Morgan fingerprint density at radius 1 is 0.694 bits per heavy atom. The normalized spacial score (nSPS) is 17.8. The van der Waals surface area contributed by atoms with E-state index in [0.29, 0.717) is 36.1 Å². The van der Waals surface area contributed by atoms with Gasteiger partial charge in [-0.05, 0) is 36.4 Å². The van der Waals surface area contributed by atoms with Crippen LogP contribution in [0.4, 0.5) is 0 Å². The summed E-state index contributed by atoms with van der Waals surface area (Å²) in [6.07, 6.45) is 3.87. The molecule has 36 heavy (non-hydrogen) atoms. The van der Waals surface area contributed by atoms with Gasteiger partial charge in [-0.2, -0.15) is 0 Å². The molecule has 1 saturated heterocycles. The van der Waals surface area contributed by atoms with Crippen LogP contribution in [0, 0.1) is 0 Å². The molecular weight excluding hydrogens is 454 g/mol. The Balaban J connectivity index is 1.74. The van der Waals surface area contributed by atoms with Crippen molar-refractivity contribution in [1.29, 1.82) is 0 Å². The number of carbonyl (C=O) groups excluding carboxylic acids is 1. The summed E-state index contributed by atoms with van der Waals surface area (Å²) in [5.41, 5.74) is 4.36. The zero-order valence-electron chi connectivity index (χ0n) is 21.2. The number of ether oxygens (including phenoxy) is 4. The second-order valence-electron chi connectivity index (χ2n) is 8.65. The van der Waals surface area contributed by atoms with Gasteiger partial charge in [0.2, 0.25) is 0 Å². The van der Waals surface area contributed by atoms with Crippen molar-refractivity contribution >= 4 is 17.9 Å². The first-order valence-electron chi connectivity index (χ1n) is 11.8. The van der Waals surface area contributed by atoms with E-state index in [1.165, 1.54) is 10.5 Å². The van der Waals surface area contributed by atoms with Crippen LogP contribution in [0.15, 0.2) is 77.9 Å². The monoisotopic (exact) mass is 486 g/mol. The number of methoxy groups -OCH3 is 4. The molecule has 0 atom stereocenters. The van der Waals surface area contributed by atoms with Gasteiger partial charge in [0.25, 0.3) is 0 Å². The maximum absolute atomic E-state index is 13.7. The highest BCUT2D eigenvalue weighted by atomic mass is 16.5. The summed E-state index contributed by atoms with van der Waals surface area (Å²) in [5, 5.41) is 0. The van der Waals surface area contributed by atoms with Crippen LogP contribution in [-0.4, -0.2) is 47.3 Å².